The third kappa shape index (κ3) is 17.0. The summed E-state index contributed by atoms with van der Waals surface area (Å²) in [6, 6.07) is 0. The second-order valence-corrected chi connectivity index (χ2v) is 4.49. The number of carbonyl (C=O) groups excluding carboxylic acids is 2. The first-order valence-corrected chi connectivity index (χ1v) is 7.38. The quantitative estimate of drug-likeness (QED) is 0.351. The lowest BCUT2D eigenvalue weighted by Crippen LogP contribution is -2.31. The molecule has 0 aliphatic rings. The fourth-order valence-electron chi connectivity index (χ4n) is 1.32. The van der Waals surface area contributed by atoms with Gasteiger partial charge < -0.3 is 29.6 Å². The van der Waals surface area contributed by atoms with Crippen LogP contribution >= 0.6 is 0 Å². The SMILES string of the molecule is CNCCOCCOCCOCCNC(=O)COCC(C)=O. The van der Waals surface area contributed by atoms with Crippen LogP contribution in [0.5, 0.6) is 0 Å². The van der Waals surface area contributed by atoms with Crippen molar-refractivity contribution in [1.82, 2.24) is 10.6 Å². The van der Waals surface area contributed by atoms with E-state index in [1.165, 1.54) is 6.92 Å². The molecule has 0 aromatic heterocycles. The van der Waals surface area contributed by atoms with Gasteiger partial charge in [0.05, 0.1) is 39.6 Å². The molecular weight excluding hydrogens is 292 g/mol. The number of Topliss-reactive ketones (excluding diaryl/α,β-unsaturated/α-hetero) is 1. The lowest BCUT2D eigenvalue weighted by molar-refractivity contribution is -0.129. The first kappa shape index (κ1) is 20.9. The normalized spacial score (nSPS) is 10.6. The first-order chi connectivity index (χ1) is 10.7. The lowest BCUT2D eigenvalue weighted by atomic mass is 10.5. The van der Waals surface area contributed by atoms with E-state index in [-0.39, 0.29) is 24.9 Å². The van der Waals surface area contributed by atoms with Crippen LogP contribution in [0.25, 0.3) is 0 Å². The molecule has 0 fully saturated rings. The maximum Gasteiger partial charge on any atom is 0.246 e. The van der Waals surface area contributed by atoms with Crippen LogP contribution < -0.4 is 10.6 Å². The summed E-state index contributed by atoms with van der Waals surface area (Å²) in [7, 11) is 1.87. The van der Waals surface area contributed by atoms with Crippen molar-refractivity contribution in [2.45, 2.75) is 6.92 Å². The van der Waals surface area contributed by atoms with Crippen molar-refractivity contribution in [2.75, 3.05) is 73.0 Å². The van der Waals surface area contributed by atoms with Crippen LogP contribution in [-0.2, 0) is 28.5 Å². The van der Waals surface area contributed by atoms with Gasteiger partial charge in [-0.3, -0.25) is 9.59 Å². The Kier molecular flexibility index (Phi) is 15.5. The van der Waals surface area contributed by atoms with E-state index in [1.807, 2.05) is 7.05 Å². The Morgan fingerprint density at radius 3 is 1.86 bits per heavy atom. The number of hydrogen-bond donors (Lipinski definition) is 2. The number of carbonyl (C=O) groups is 2. The second kappa shape index (κ2) is 16.3. The van der Waals surface area contributed by atoms with Crippen LogP contribution in [0, 0.1) is 0 Å². The predicted molar refractivity (Wildman–Crippen MR) is 80.9 cm³/mol. The van der Waals surface area contributed by atoms with Gasteiger partial charge in [-0.05, 0) is 14.0 Å². The Morgan fingerprint density at radius 2 is 1.32 bits per heavy atom. The molecule has 2 N–H and O–H groups in total. The zero-order chi connectivity index (χ0) is 16.5. The van der Waals surface area contributed by atoms with Crippen LogP contribution in [0.15, 0.2) is 0 Å². The molecule has 0 heterocycles. The molecule has 8 heteroatoms. The Balaban J connectivity index is 3.13. The second-order valence-electron chi connectivity index (χ2n) is 4.49. The molecule has 130 valence electrons. The molecule has 0 radical (unpaired) electrons. The molecule has 0 rings (SSSR count). The molecule has 0 aliphatic carbocycles. The van der Waals surface area contributed by atoms with Gasteiger partial charge in [0.15, 0.2) is 5.78 Å². The highest BCUT2D eigenvalue weighted by atomic mass is 16.5. The first-order valence-electron chi connectivity index (χ1n) is 7.38. The van der Waals surface area contributed by atoms with Crippen molar-refractivity contribution in [3.8, 4) is 0 Å². The van der Waals surface area contributed by atoms with Crippen LogP contribution in [0.2, 0.25) is 0 Å². The van der Waals surface area contributed by atoms with E-state index in [2.05, 4.69) is 10.6 Å². The highest BCUT2D eigenvalue weighted by molar-refractivity contribution is 5.79. The molecular formula is C14H28N2O6. The van der Waals surface area contributed by atoms with E-state index in [0.717, 1.165) is 6.54 Å². The van der Waals surface area contributed by atoms with E-state index in [1.54, 1.807) is 0 Å². The molecule has 0 spiro atoms. The van der Waals surface area contributed by atoms with Gasteiger partial charge in [0, 0.05) is 13.1 Å². The van der Waals surface area contributed by atoms with Crippen molar-refractivity contribution >= 4 is 11.7 Å². The van der Waals surface area contributed by atoms with Crippen LogP contribution in [0.3, 0.4) is 0 Å². The molecule has 0 bridgehead atoms. The predicted octanol–water partition coefficient (Wildman–Crippen LogP) is -1.02. The molecule has 0 aliphatic heterocycles. The highest BCUT2D eigenvalue weighted by Gasteiger charge is 2.01. The average molecular weight is 320 g/mol. The highest BCUT2D eigenvalue weighted by Crippen LogP contribution is 1.81. The summed E-state index contributed by atoms with van der Waals surface area (Å²) in [5.41, 5.74) is 0. The Labute approximate surface area is 131 Å². The van der Waals surface area contributed by atoms with Gasteiger partial charge in [-0.2, -0.15) is 0 Å². The molecule has 0 unspecified atom stereocenters. The molecule has 0 saturated carbocycles. The molecule has 1 amide bonds. The molecule has 0 atom stereocenters. The largest absolute Gasteiger partial charge is 0.378 e. The number of rotatable bonds is 16. The molecule has 0 saturated heterocycles. The molecule has 8 nitrogen and oxygen atoms in total. The standard InChI is InChI=1S/C14H28N2O6/c1-13(17)11-22-12-14(18)16-4-6-20-8-10-21-9-7-19-5-3-15-2/h15H,3-12H2,1-2H3,(H,16,18). The smallest absolute Gasteiger partial charge is 0.246 e. The van der Waals surface area contributed by atoms with E-state index < -0.39 is 0 Å². The van der Waals surface area contributed by atoms with E-state index in [4.69, 9.17) is 18.9 Å². The van der Waals surface area contributed by atoms with Crippen molar-refractivity contribution in [3.63, 3.8) is 0 Å². The number of hydrogen-bond acceptors (Lipinski definition) is 7. The minimum atomic E-state index is -0.264. The van der Waals surface area contributed by atoms with Gasteiger partial charge in [0.25, 0.3) is 0 Å². The maximum absolute atomic E-state index is 11.3. The molecule has 22 heavy (non-hydrogen) atoms. The van der Waals surface area contributed by atoms with Crippen LogP contribution in [0.4, 0.5) is 0 Å². The van der Waals surface area contributed by atoms with E-state index >= 15 is 0 Å². The van der Waals surface area contributed by atoms with Crippen LogP contribution in [-0.4, -0.2) is 84.7 Å². The van der Waals surface area contributed by atoms with Crippen molar-refractivity contribution < 1.29 is 28.5 Å². The monoisotopic (exact) mass is 320 g/mol. The fourth-order valence-corrected chi connectivity index (χ4v) is 1.32. The third-order valence-corrected chi connectivity index (χ3v) is 2.35. The summed E-state index contributed by atoms with van der Waals surface area (Å²) in [6.45, 7) is 5.61. The number of nitrogens with one attached hydrogen (secondary N) is 2. The minimum Gasteiger partial charge on any atom is -0.378 e. The minimum absolute atomic E-state index is 0.0417. The summed E-state index contributed by atoms with van der Waals surface area (Å²) >= 11 is 0. The van der Waals surface area contributed by atoms with Gasteiger partial charge in [0.1, 0.15) is 13.2 Å². The molecule has 0 aromatic carbocycles. The lowest BCUT2D eigenvalue weighted by Gasteiger charge is -2.08. The Hall–Kier alpha value is -1.06. The summed E-state index contributed by atoms with van der Waals surface area (Å²) in [5.74, 6) is -0.372. The van der Waals surface area contributed by atoms with E-state index in [0.29, 0.717) is 46.2 Å². The number of amides is 1. The van der Waals surface area contributed by atoms with Gasteiger partial charge >= 0.3 is 0 Å². The third-order valence-electron chi connectivity index (χ3n) is 2.35. The maximum atomic E-state index is 11.3. The van der Waals surface area contributed by atoms with Crippen LogP contribution in [0.1, 0.15) is 6.92 Å². The van der Waals surface area contributed by atoms with Crippen molar-refractivity contribution in [2.24, 2.45) is 0 Å². The summed E-state index contributed by atoms with van der Waals surface area (Å²) in [5, 5.41) is 5.60. The van der Waals surface area contributed by atoms with Gasteiger partial charge in [0.2, 0.25) is 5.91 Å². The van der Waals surface area contributed by atoms with Crippen molar-refractivity contribution in [1.29, 1.82) is 0 Å². The number of ketones is 1. The van der Waals surface area contributed by atoms with E-state index in [9.17, 15) is 9.59 Å². The summed E-state index contributed by atoms with van der Waals surface area (Å²) in [6.07, 6.45) is 0. The Bertz CT molecular complexity index is 289. The number of likely N-dealkylation sites (N-methyl/N-ethyl adjacent to an activating group) is 1. The zero-order valence-electron chi connectivity index (χ0n) is 13.5. The zero-order valence-corrected chi connectivity index (χ0v) is 13.5. The van der Waals surface area contributed by atoms with Crippen molar-refractivity contribution in [3.05, 3.63) is 0 Å². The Morgan fingerprint density at radius 1 is 0.773 bits per heavy atom. The summed E-state index contributed by atoms with van der Waals surface area (Å²) in [4.78, 5) is 21.9. The van der Waals surface area contributed by atoms with Gasteiger partial charge in [-0.25, -0.2) is 0 Å². The van der Waals surface area contributed by atoms with Gasteiger partial charge in [-0.15, -0.1) is 0 Å². The number of ether oxygens (including phenoxy) is 4. The topological polar surface area (TPSA) is 95.1 Å². The fraction of sp³-hybridized carbons (Fsp3) is 0.857. The molecule has 0 aromatic rings. The van der Waals surface area contributed by atoms with Gasteiger partial charge in [-0.1, -0.05) is 0 Å². The summed E-state index contributed by atoms with van der Waals surface area (Å²) < 4.78 is 20.8. The average Bonchev–Trinajstić information content (AvgIpc) is 2.48.